The molecule has 1 N–H and O–H groups in total. The Kier molecular flexibility index (Phi) is 5.69. The Hall–Kier alpha value is -3.68. The monoisotopic (exact) mass is 382 g/mol. The van der Waals surface area contributed by atoms with Crippen LogP contribution in [0.4, 0.5) is 5.69 Å². The predicted octanol–water partition coefficient (Wildman–Crippen LogP) is 3.83. The van der Waals surface area contributed by atoms with Crippen LogP contribution < -0.4 is 15.0 Å². The van der Waals surface area contributed by atoms with Gasteiger partial charge in [0.2, 0.25) is 5.56 Å². The Morgan fingerprint density at radius 2 is 1.86 bits per heavy atom. The third-order valence-electron chi connectivity index (χ3n) is 4.03. The van der Waals surface area contributed by atoms with Gasteiger partial charge in [-0.1, -0.05) is 6.07 Å². The predicted molar refractivity (Wildman–Crippen MR) is 103 cm³/mol. The highest BCUT2D eigenvalue weighted by Gasteiger charge is 2.15. The normalized spacial score (nSPS) is 10.5. The summed E-state index contributed by atoms with van der Waals surface area (Å²) in [6.45, 7) is 2.05. The maximum Gasteiger partial charge on any atom is 0.310 e. The lowest BCUT2D eigenvalue weighted by atomic mass is 10.1. The molecule has 0 saturated carbocycles. The van der Waals surface area contributed by atoms with Crippen LogP contribution in [0.25, 0.3) is 10.9 Å². The number of nitrogens with one attached hydrogen (secondary N) is 1. The van der Waals surface area contributed by atoms with Crippen LogP contribution in [-0.2, 0) is 16.0 Å². The molecule has 0 bridgehead atoms. The fraction of sp³-hybridized carbons (Fsp3) is 0.200. The molecule has 1 aromatic heterocycles. The van der Waals surface area contributed by atoms with Crippen molar-refractivity contribution in [3.05, 3.63) is 63.3 Å². The zero-order valence-corrected chi connectivity index (χ0v) is 15.4. The Balaban J connectivity index is 1.95. The van der Waals surface area contributed by atoms with Gasteiger partial charge in [0.15, 0.2) is 22.9 Å². The lowest BCUT2D eigenvalue weighted by Gasteiger charge is -2.13. The van der Waals surface area contributed by atoms with E-state index in [-0.39, 0.29) is 29.4 Å². The molecule has 0 aliphatic carbocycles. The zero-order chi connectivity index (χ0) is 20.1. The van der Waals surface area contributed by atoms with Crippen LogP contribution >= 0.6 is 0 Å². The maximum absolute atomic E-state index is 11.7. The number of nitroso groups, excluding NO2 is 1. The van der Waals surface area contributed by atoms with E-state index >= 15 is 0 Å². The molecule has 8 heteroatoms. The molecule has 144 valence electrons. The van der Waals surface area contributed by atoms with Gasteiger partial charge in [-0.3, -0.25) is 9.59 Å². The number of hydrogen-bond acceptors (Lipinski definition) is 7. The van der Waals surface area contributed by atoms with Crippen LogP contribution in [0.3, 0.4) is 0 Å². The minimum absolute atomic E-state index is 0.0615. The molecule has 2 aromatic carbocycles. The Morgan fingerprint density at radius 3 is 2.57 bits per heavy atom. The van der Waals surface area contributed by atoms with Crippen LogP contribution in [0, 0.1) is 4.91 Å². The number of hydrogen-bond donors (Lipinski definition) is 1. The molecule has 0 fully saturated rings. The van der Waals surface area contributed by atoms with Gasteiger partial charge in [-0.25, -0.2) is 0 Å². The quantitative estimate of drug-likeness (QED) is 0.491. The first-order valence-electron chi connectivity index (χ1n) is 8.55. The first-order valence-corrected chi connectivity index (χ1v) is 8.55. The van der Waals surface area contributed by atoms with Crippen LogP contribution in [-0.4, -0.2) is 24.7 Å². The van der Waals surface area contributed by atoms with Gasteiger partial charge in [0.25, 0.3) is 0 Å². The van der Waals surface area contributed by atoms with Gasteiger partial charge in [0, 0.05) is 11.5 Å². The van der Waals surface area contributed by atoms with E-state index in [0.717, 1.165) is 0 Å². The minimum Gasteiger partial charge on any atom is -0.493 e. The van der Waals surface area contributed by atoms with Crippen molar-refractivity contribution in [3.8, 4) is 17.2 Å². The van der Waals surface area contributed by atoms with Crippen molar-refractivity contribution in [1.82, 2.24) is 4.98 Å². The lowest BCUT2D eigenvalue weighted by molar-refractivity contribution is -0.142. The first kappa shape index (κ1) is 19.1. The molecule has 0 aliphatic heterocycles. The number of benzene rings is 2. The molecule has 3 aromatic rings. The molecular formula is C20H18N2O6. The van der Waals surface area contributed by atoms with Crippen molar-refractivity contribution in [1.29, 1.82) is 0 Å². The van der Waals surface area contributed by atoms with Gasteiger partial charge in [-0.15, -0.1) is 4.91 Å². The van der Waals surface area contributed by atoms with E-state index in [1.54, 1.807) is 37.3 Å². The Bertz CT molecular complexity index is 1090. The second-order valence-electron chi connectivity index (χ2n) is 5.86. The van der Waals surface area contributed by atoms with Gasteiger partial charge >= 0.3 is 5.97 Å². The molecule has 0 amide bonds. The Morgan fingerprint density at radius 1 is 1.07 bits per heavy atom. The maximum atomic E-state index is 11.7. The number of aromatic amines is 1. The highest BCUT2D eigenvalue weighted by molar-refractivity contribution is 5.93. The summed E-state index contributed by atoms with van der Waals surface area (Å²) in [4.78, 5) is 37.1. The number of aromatic nitrogens is 1. The fourth-order valence-corrected chi connectivity index (χ4v) is 2.78. The third-order valence-corrected chi connectivity index (χ3v) is 4.03. The molecule has 8 nitrogen and oxygen atoms in total. The van der Waals surface area contributed by atoms with Crippen molar-refractivity contribution >= 4 is 22.6 Å². The van der Waals surface area contributed by atoms with Crippen LogP contribution in [0.1, 0.15) is 12.5 Å². The molecule has 3 rings (SSSR count). The summed E-state index contributed by atoms with van der Waals surface area (Å²) in [5.74, 6) is 0.615. The molecule has 0 atom stereocenters. The second kappa shape index (κ2) is 8.34. The number of pyridine rings is 1. The molecule has 0 spiro atoms. The summed E-state index contributed by atoms with van der Waals surface area (Å²) in [6.07, 6.45) is 0.106. The number of rotatable bonds is 7. The number of ether oxygens (including phenoxy) is 3. The van der Waals surface area contributed by atoms with Crippen molar-refractivity contribution in [3.63, 3.8) is 0 Å². The molecule has 1 heterocycles. The zero-order valence-electron chi connectivity index (χ0n) is 15.4. The van der Waals surface area contributed by atoms with E-state index in [4.69, 9.17) is 14.2 Å². The van der Waals surface area contributed by atoms with Crippen LogP contribution in [0.15, 0.2) is 52.4 Å². The summed E-state index contributed by atoms with van der Waals surface area (Å²) < 4.78 is 16.1. The van der Waals surface area contributed by atoms with E-state index in [9.17, 15) is 14.5 Å². The smallest absolute Gasteiger partial charge is 0.310 e. The fourth-order valence-electron chi connectivity index (χ4n) is 2.78. The molecule has 0 radical (unpaired) electrons. The molecular weight excluding hydrogens is 364 g/mol. The SMILES string of the molecule is CCOC(=O)Cc1ccc(Oc2ccc3[nH]c(=O)ccc3c2N=O)c(OC)c1. The molecule has 0 saturated heterocycles. The van der Waals surface area contributed by atoms with Crippen molar-refractivity contribution in [2.45, 2.75) is 13.3 Å². The third kappa shape index (κ3) is 4.01. The van der Waals surface area contributed by atoms with Gasteiger partial charge < -0.3 is 19.2 Å². The standard InChI is InChI=1S/C20H18N2O6/c1-3-27-19(24)11-12-4-7-15(17(10-12)26-2)28-16-8-6-14-13(20(16)22-25)5-9-18(23)21-14/h4-10H,3,11H2,1-2H3,(H,21,23). The summed E-state index contributed by atoms with van der Waals surface area (Å²) >= 11 is 0. The topological polar surface area (TPSA) is 107 Å². The van der Waals surface area contributed by atoms with E-state index in [1.165, 1.54) is 19.2 Å². The number of fused-ring (bicyclic) bond motifs is 1. The summed E-state index contributed by atoms with van der Waals surface area (Å²) in [5, 5.41) is 3.52. The average molecular weight is 382 g/mol. The first-order chi connectivity index (χ1) is 13.5. The minimum atomic E-state index is -0.339. The Labute approximate surface area is 160 Å². The van der Waals surface area contributed by atoms with Gasteiger partial charge in [-0.2, -0.15) is 0 Å². The van der Waals surface area contributed by atoms with Gasteiger partial charge in [0.05, 0.1) is 25.7 Å². The highest BCUT2D eigenvalue weighted by Crippen LogP contribution is 2.40. The summed E-state index contributed by atoms with van der Waals surface area (Å²) in [6, 6.07) is 11.0. The largest absolute Gasteiger partial charge is 0.493 e. The van der Waals surface area contributed by atoms with E-state index in [0.29, 0.717) is 34.6 Å². The van der Waals surface area contributed by atoms with Crippen molar-refractivity contribution < 1.29 is 19.0 Å². The molecule has 28 heavy (non-hydrogen) atoms. The van der Waals surface area contributed by atoms with E-state index < -0.39 is 0 Å². The van der Waals surface area contributed by atoms with Crippen LogP contribution in [0.5, 0.6) is 17.2 Å². The average Bonchev–Trinajstić information content (AvgIpc) is 2.69. The van der Waals surface area contributed by atoms with Crippen LogP contribution in [0.2, 0.25) is 0 Å². The van der Waals surface area contributed by atoms with Gasteiger partial charge in [0.1, 0.15) is 0 Å². The highest BCUT2D eigenvalue weighted by atomic mass is 16.5. The molecule has 0 aliphatic rings. The summed E-state index contributed by atoms with van der Waals surface area (Å²) in [5.41, 5.74) is 0.960. The number of nitrogens with zero attached hydrogens (tertiary/aromatic N) is 1. The van der Waals surface area contributed by atoms with Crippen molar-refractivity contribution in [2.24, 2.45) is 5.18 Å². The summed E-state index contributed by atoms with van der Waals surface area (Å²) in [7, 11) is 1.47. The lowest BCUT2D eigenvalue weighted by Crippen LogP contribution is -2.07. The number of carbonyl (C=O) groups is 1. The molecule has 0 unspecified atom stereocenters. The second-order valence-corrected chi connectivity index (χ2v) is 5.86. The van der Waals surface area contributed by atoms with Gasteiger partial charge in [-0.05, 0) is 48.0 Å². The number of carbonyl (C=O) groups excluding carboxylic acids is 1. The number of methoxy groups -OCH3 is 1. The van der Waals surface area contributed by atoms with Crippen molar-refractivity contribution in [2.75, 3.05) is 13.7 Å². The van der Waals surface area contributed by atoms with E-state index in [2.05, 4.69) is 10.2 Å². The number of H-pyrrole nitrogens is 1. The van der Waals surface area contributed by atoms with E-state index in [1.807, 2.05) is 0 Å². The number of esters is 1.